The van der Waals surface area contributed by atoms with Crippen LogP contribution in [0.15, 0.2) is 0 Å². The summed E-state index contributed by atoms with van der Waals surface area (Å²) in [5.74, 6) is 0.460. The van der Waals surface area contributed by atoms with Gasteiger partial charge < -0.3 is 9.84 Å². The molecular formula is C13H26O3. The third-order valence-corrected chi connectivity index (χ3v) is 2.53. The first kappa shape index (κ1) is 15.4. The van der Waals surface area contributed by atoms with Crippen molar-refractivity contribution in [2.75, 3.05) is 6.61 Å². The maximum absolute atomic E-state index is 11.0. The molecule has 1 N–H and O–H groups in total. The number of esters is 1. The summed E-state index contributed by atoms with van der Waals surface area (Å²) in [7, 11) is 0. The molecule has 0 saturated heterocycles. The number of ether oxygens (including phenoxy) is 1. The highest BCUT2D eigenvalue weighted by atomic mass is 16.5. The van der Waals surface area contributed by atoms with Gasteiger partial charge in [0.25, 0.3) is 0 Å². The van der Waals surface area contributed by atoms with E-state index in [2.05, 4.69) is 13.8 Å². The lowest BCUT2D eigenvalue weighted by atomic mass is 10.0. The first-order valence-electron chi connectivity index (χ1n) is 6.40. The van der Waals surface area contributed by atoms with Gasteiger partial charge in [-0.15, -0.1) is 0 Å². The molecule has 0 aromatic heterocycles. The Balaban J connectivity index is 3.36. The average Bonchev–Trinajstić information content (AvgIpc) is 2.16. The summed E-state index contributed by atoms with van der Waals surface area (Å²) in [6.45, 7) is 6.60. The Bertz CT molecular complexity index is 178. The quantitative estimate of drug-likeness (QED) is 0.489. The number of rotatable bonds is 9. The summed E-state index contributed by atoms with van der Waals surface area (Å²) in [4.78, 5) is 11.0. The molecule has 0 rings (SSSR count). The standard InChI is InChI=1S/C13H26O3/c1-4-16-13(15)10-12(14)9-7-5-6-8-11(2)3/h11-12,14H,4-10H2,1-3H3. The number of hydrogen-bond acceptors (Lipinski definition) is 3. The lowest BCUT2D eigenvalue weighted by Gasteiger charge is -2.10. The molecule has 0 heterocycles. The normalized spacial score (nSPS) is 12.8. The third kappa shape index (κ3) is 9.97. The Hall–Kier alpha value is -0.570. The molecule has 0 aromatic carbocycles. The minimum Gasteiger partial charge on any atom is -0.466 e. The average molecular weight is 230 g/mol. The van der Waals surface area contributed by atoms with Crippen LogP contribution in [0.25, 0.3) is 0 Å². The van der Waals surface area contributed by atoms with Gasteiger partial charge in [-0.05, 0) is 19.3 Å². The van der Waals surface area contributed by atoms with Crippen LogP contribution < -0.4 is 0 Å². The van der Waals surface area contributed by atoms with E-state index in [-0.39, 0.29) is 12.4 Å². The number of hydrogen-bond donors (Lipinski definition) is 1. The van der Waals surface area contributed by atoms with Crippen LogP contribution in [0.2, 0.25) is 0 Å². The summed E-state index contributed by atoms with van der Waals surface area (Å²) >= 11 is 0. The van der Waals surface area contributed by atoms with Gasteiger partial charge in [0.2, 0.25) is 0 Å². The number of aliphatic hydroxyl groups is 1. The highest BCUT2D eigenvalue weighted by Crippen LogP contribution is 2.12. The molecule has 0 aliphatic rings. The van der Waals surface area contributed by atoms with Crippen molar-refractivity contribution in [2.45, 2.75) is 65.4 Å². The van der Waals surface area contributed by atoms with E-state index in [9.17, 15) is 9.90 Å². The summed E-state index contributed by atoms with van der Waals surface area (Å²) in [5.41, 5.74) is 0. The highest BCUT2D eigenvalue weighted by molar-refractivity contribution is 5.69. The van der Waals surface area contributed by atoms with E-state index in [0.717, 1.165) is 18.8 Å². The number of carbonyl (C=O) groups excluding carboxylic acids is 1. The first-order valence-corrected chi connectivity index (χ1v) is 6.40. The smallest absolute Gasteiger partial charge is 0.308 e. The predicted octanol–water partition coefficient (Wildman–Crippen LogP) is 2.91. The van der Waals surface area contributed by atoms with Crippen LogP contribution in [0.5, 0.6) is 0 Å². The van der Waals surface area contributed by atoms with Crippen molar-refractivity contribution in [3.05, 3.63) is 0 Å². The summed E-state index contributed by atoms with van der Waals surface area (Å²) < 4.78 is 4.77. The maximum atomic E-state index is 11.0. The Labute approximate surface area is 99.2 Å². The molecule has 16 heavy (non-hydrogen) atoms. The van der Waals surface area contributed by atoms with Crippen molar-refractivity contribution >= 4 is 5.97 Å². The van der Waals surface area contributed by atoms with Gasteiger partial charge in [0.1, 0.15) is 0 Å². The van der Waals surface area contributed by atoms with Crippen LogP contribution in [-0.2, 0) is 9.53 Å². The number of unbranched alkanes of at least 4 members (excludes halogenated alkanes) is 2. The summed E-state index contributed by atoms with van der Waals surface area (Å²) in [6, 6.07) is 0. The van der Waals surface area contributed by atoms with E-state index in [1.165, 1.54) is 12.8 Å². The molecular weight excluding hydrogens is 204 g/mol. The molecule has 0 aliphatic carbocycles. The molecule has 0 spiro atoms. The van der Waals surface area contributed by atoms with Crippen LogP contribution >= 0.6 is 0 Å². The fourth-order valence-electron chi connectivity index (χ4n) is 1.62. The van der Waals surface area contributed by atoms with Crippen molar-refractivity contribution < 1.29 is 14.6 Å². The molecule has 1 atom stereocenters. The van der Waals surface area contributed by atoms with Crippen LogP contribution in [0, 0.1) is 5.92 Å². The molecule has 1 unspecified atom stereocenters. The molecule has 3 heteroatoms. The summed E-state index contributed by atoms with van der Waals surface area (Å²) in [6.07, 6.45) is 4.90. The second kappa shape index (κ2) is 9.64. The summed E-state index contributed by atoms with van der Waals surface area (Å²) in [5, 5.41) is 9.55. The first-order chi connectivity index (χ1) is 7.56. The van der Waals surface area contributed by atoms with Crippen LogP contribution in [0.3, 0.4) is 0 Å². The van der Waals surface area contributed by atoms with Gasteiger partial charge in [0.15, 0.2) is 0 Å². The van der Waals surface area contributed by atoms with Gasteiger partial charge in [-0.3, -0.25) is 4.79 Å². The Morgan fingerprint density at radius 2 is 1.81 bits per heavy atom. The van der Waals surface area contributed by atoms with Crippen molar-refractivity contribution in [1.29, 1.82) is 0 Å². The van der Waals surface area contributed by atoms with E-state index < -0.39 is 6.10 Å². The highest BCUT2D eigenvalue weighted by Gasteiger charge is 2.10. The zero-order valence-corrected chi connectivity index (χ0v) is 10.9. The molecule has 0 saturated carbocycles. The Kier molecular flexibility index (Phi) is 9.30. The third-order valence-electron chi connectivity index (χ3n) is 2.53. The molecule has 96 valence electrons. The topological polar surface area (TPSA) is 46.5 Å². The minimum absolute atomic E-state index is 0.137. The van der Waals surface area contributed by atoms with E-state index in [4.69, 9.17) is 4.74 Å². The lowest BCUT2D eigenvalue weighted by Crippen LogP contribution is -2.15. The Morgan fingerprint density at radius 1 is 1.19 bits per heavy atom. The van der Waals surface area contributed by atoms with Crippen molar-refractivity contribution in [1.82, 2.24) is 0 Å². The van der Waals surface area contributed by atoms with Crippen molar-refractivity contribution in [2.24, 2.45) is 5.92 Å². The molecule has 0 radical (unpaired) electrons. The van der Waals surface area contributed by atoms with E-state index >= 15 is 0 Å². The van der Waals surface area contributed by atoms with Gasteiger partial charge in [-0.25, -0.2) is 0 Å². The van der Waals surface area contributed by atoms with E-state index in [1.54, 1.807) is 6.92 Å². The molecule has 0 amide bonds. The van der Waals surface area contributed by atoms with Crippen molar-refractivity contribution in [3.63, 3.8) is 0 Å². The second-order valence-corrected chi connectivity index (χ2v) is 4.69. The van der Waals surface area contributed by atoms with Gasteiger partial charge in [0, 0.05) is 0 Å². The van der Waals surface area contributed by atoms with Crippen LogP contribution in [-0.4, -0.2) is 23.8 Å². The fourth-order valence-corrected chi connectivity index (χ4v) is 1.62. The lowest BCUT2D eigenvalue weighted by molar-refractivity contribution is -0.145. The zero-order valence-electron chi connectivity index (χ0n) is 10.9. The van der Waals surface area contributed by atoms with Gasteiger partial charge in [0.05, 0.1) is 19.1 Å². The van der Waals surface area contributed by atoms with Gasteiger partial charge >= 0.3 is 5.97 Å². The molecule has 3 nitrogen and oxygen atoms in total. The number of aliphatic hydroxyl groups excluding tert-OH is 1. The Morgan fingerprint density at radius 3 is 2.38 bits per heavy atom. The van der Waals surface area contributed by atoms with Gasteiger partial charge in [-0.2, -0.15) is 0 Å². The monoisotopic (exact) mass is 230 g/mol. The molecule has 0 aliphatic heterocycles. The molecule has 0 bridgehead atoms. The molecule has 0 fully saturated rings. The van der Waals surface area contributed by atoms with Crippen LogP contribution in [0.4, 0.5) is 0 Å². The SMILES string of the molecule is CCOC(=O)CC(O)CCCCCC(C)C. The van der Waals surface area contributed by atoms with Gasteiger partial charge in [-0.1, -0.05) is 39.5 Å². The van der Waals surface area contributed by atoms with Crippen molar-refractivity contribution in [3.8, 4) is 0 Å². The predicted molar refractivity (Wildman–Crippen MR) is 65.2 cm³/mol. The maximum Gasteiger partial charge on any atom is 0.308 e. The molecule has 0 aromatic rings. The van der Waals surface area contributed by atoms with E-state index in [1.807, 2.05) is 0 Å². The van der Waals surface area contributed by atoms with E-state index in [0.29, 0.717) is 13.0 Å². The largest absolute Gasteiger partial charge is 0.466 e. The van der Waals surface area contributed by atoms with Crippen LogP contribution in [0.1, 0.15) is 59.3 Å². The zero-order chi connectivity index (χ0) is 12.4. The number of carbonyl (C=O) groups is 1. The fraction of sp³-hybridized carbons (Fsp3) is 0.923. The minimum atomic E-state index is -0.530. The second-order valence-electron chi connectivity index (χ2n) is 4.69.